The molecule has 32 heavy (non-hydrogen) atoms. The quantitative estimate of drug-likeness (QED) is 0.284. The molecule has 0 spiro atoms. The second kappa shape index (κ2) is 10.7. The van der Waals surface area contributed by atoms with Crippen LogP contribution in [0.4, 0.5) is 0 Å². The normalized spacial score (nSPS) is 19.8. The van der Waals surface area contributed by atoms with Crippen molar-refractivity contribution in [2.24, 2.45) is 17.6 Å². The molecule has 3 rings (SSSR count). The summed E-state index contributed by atoms with van der Waals surface area (Å²) in [6.07, 6.45) is 5.83. The molecule has 3 unspecified atom stereocenters. The molecule has 1 aromatic carbocycles. The maximum absolute atomic E-state index is 13.0. The lowest BCUT2D eigenvalue weighted by Gasteiger charge is -2.23. The zero-order valence-corrected chi connectivity index (χ0v) is 17.7. The van der Waals surface area contributed by atoms with Crippen LogP contribution < -0.4 is 21.7 Å². The monoisotopic (exact) mass is 440 g/mol. The van der Waals surface area contributed by atoms with E-state index in [4.69, 9.17) is 5.73 Å². The second-order valence-corrected chi connectivity index (χ2v) is 8.29. The van der Waals surface area contributed by atoms with E-state index in [1.165, 1.54) is 6.08 Å². The summed E-state index contributed by atoms with van der Waals surface area (Å²) in [6, 6.07) is 7.17. The van der Waals surface area contributed by atoms with E-state index in [1.54, 1.807) is 6.08 Å². The average Bonchev–Trinajstić information content (AvgIpc) is 3.51. The minimum Gasteiger partial charge on any atom is -0.363 e. The topological polar surface area (TPSA) is 147 Å². The lowest BCUT2D eigenvalue weighted by molar-refractivity contribution is -0.139. The standard InChI is InChI=1S/C23H28N4O5/c24-21(30)20(29)17(13-16-10-11-25-22(16)31)27-23(32)18(12-15-6-7-15)26-19(28)9-8-14-4-2-1-3-5-14/h1-5,8-9,15-18H,6-7,10-13H2,(H2,24,30)(H,25,31)(H,26,28)(H,27,32). The van der Waals surface area contributed by atoms with Crippen molar-refractivity contribution < 1.29 is 24.0 Å². The third-order valence-corrected chi connectivity index (χ3v) is 5.68. The van der Waals surface area contributed by atoms with E-state index in [9.17, 15) is 24.0 Å². The van der Waals surface area contributed by atoms with Crippen LogP contribution in [-0.2, 0) is 24.0 Å². The van der Waals surface area contributed by atoms with Crippen LogP contribution in [0.2, 0.25) is 0 Å². The van der Waals surface area contributed by atoms with E-state index in [0.717, 1.165) is 18.4 Å². The van der Waals surface area contributed by atoms with Gasteiger partial charge < -0.3 is 21.7 Å². The molecule has 170 valence electrons. The molecule has 1 saturated heterocycles. The first-order valence-electron chi connectivity index (χ1n) is 10.8. The largest absolute Gasteiger partial charge is 0.363 e. The Kier molecular flexibility index (Phi) is 7.75. The van der Waals surface area contributed by atoms with E-state index < -0.39 is 41.5 Å². The number of nitrogens with two attached hydrogens (primary N) is 1. The zero-order valence-electron chi connectivity index (χ0n) is 17.7. The summed E-state index contributed by atoms with van der Waals surface area (Å²) in [5.74, 6) is -3.56. The Morgan fingerprint density at radius 1 is 1.03 bits per heavy atom. The molecule has 9 nitrogen and oxygen atoms in total. The number of Topliss-reactive ketones (excluding diaryl/α,β-unsaturated/α-hetero) is 1. The molecular formula is C23H28N4O5. The van der Waals surface area contributed by atoms with Gasteiger partial charge in [-0.05, 0) is 36.8 Å². The molecule has 9 heteroatoms. The number of carbonyl (C=O) groups is 5. The van der Waals surface area contributed by atoms with Gasteiger partial charge in [-0.15, -0.1) is 0 Å². The van der Waals surface area contributed by atoms with Crippen molar-refractivity contribution in [2.45, 2.75) is 44.2 Å². The van der Waals surface area contributed by atoms with Crippen LogP contribution in [-0.4, -0.2) is 48.0 Å². The van der Waals surface area contributed by atoms with Crippen molar-refractivity contribution in [1.82, 2.24) is 16.0 Å². The average molecular weight is 441 g/mol. The minimum absolute atomic E-state index is 0.0165. The molecule has 0 aromatic heterocycles. The second-order valence-electron chi connectivity index (χ2n) is 8.29. The van der Waals surface area contributed by atoms with Crippen molar-refractivity contribution in [3.05, 3.63) is 42.0 Å². The van der Waals surface area contributed by atoms with Gasteiger partial charge in [-0.3, -0.25) is 24.0 Å². The van der Waals surface area contributed by atoms with Gasteiger partial charge in [0.25, 0.3) is 5.91 Å². The van der Waals surface area contributed by atoms with E-state index in [0.29, 0.717) is 25.3 Å². The van der Waals surface area contributed by atoms with Gasteiger partial charge in [0.2, 0.25) is 23.5 Å². The van der Waals surface area contributed by atoms with Crippen LogP contribution in [0.25, 0.3) is 6.08 Å². The van der Waals surface area contributed by atoms with Gasteiger partial charge >= 0.3 is 0 Å². The number of carbonyl (C=O) groups excluding carboxylic acids is 5. The SMILES string of the molecule is NC(=O)C(=O)C(CC1CCNC1=O)NC(=O)C(CC1CC1)NC(=O)C=Cc1ccccc1. The van der Waals surface area contributed by atoms with E-state index in [2.05, 4.69) is 16.0 Å². The summed E-state index contributed by atoms with van der Waals surface area (Å²) in [5.41, 5.74) is 5.99. The van der Waals surface area contributed by atoms with Crippen molar-refractivity contribution in [2.75, 3.05) is 6.54 Å². The highest BCUT2D eigenvalue weighted by molar-refractivity contribution is 6.37. The molecule has 3 atom stereocenters. The first-order valence-corrected chi connectivity index (χ1v) is 10.8. The summed E-state index contributed by atoms with van der Waals surface area (Å²) >= 11 is 0. The molecule has 2 aliphatic rings. The fourth-order valence-corrected chi connectivity index (χ4v) is 3.70. The zero-order chi connectivity index (χ0) is 23.1. The van der Waals surface area contributed by atoms with Crippen LogP contribution in [0.3, 0.4) is 0 Å². The molecule has 4 amide bonds. The number of ketones is 1. The van der Waals surface area contributed by atoms with Crippen molar-refractivity contribution in [3.63, 3.8) is 0 Å². The summed E-state index contributed by atoms with van der Waals surface area (Å²) < 4.78 is 0. The van der Waals surface area contributed by atoms with Crippen LogP contribution in [0.5, 0.6) is 0 Å². The van der Waals surface area contributed by atoms with Gasteiger partial charge in [-0.1, -0.05) is 43.2 Å². The first kappa shape index (κ1) is 23.2. The van der Waals surface area contributed by atoms with Gasteiger partial charge in [0, 0.05) is 18.5 Å². The highest BCUT2D eigenvalue weighted by Gasteiger charge is 2.36. The predicted octanol–water partition coefficient (Wildman–Crippen LogP) is 0.0501. The third kappa shape index (κ3) is 6.76. The molecule has 0 bridgehead atoms. The van der Waals surface area contributed by atoms with Gasteiger partial charge in [0.05, 0.1) is 6.04 Å². The van der Waals surface area contributed by atoms with Crippen molar-refractivity contribution >= 4 is 35.5 Å². The number of hydrogen-bond donors (Lipinski definition) is 4. The van der Waals surface area contributed by atoms with E-state index in [-0.39, 0.29) is 12.3 Å². The third-order valence-electron chi connectivity index (χ3n) is 5.68. The Morgan fingerprint density at radius 2 is 1.75 bits per heavy atom. The highest BCUT2D eigenvalue weighted by Crippen LogP contribution is 2.33. The van der Waals surface area contributed by atoms with Gasteiger partial charge in [-0.2, -0.15) is 0 Å². The van der Waals surface area contributed by atoms with Crippen molar-refractivity contribution in [3.8, 4) is 0 Å². The molecule has 1 saturated carbocycles. The molecule has 1 aliphatic heterocycles. The first-order chi connectivity index (χ1) is 15.3. The molecule has 0 radical (unpaired) electrons. The fourth-order valence-electron chi connectivity index (χ4n) is 3.70. The number of nitrogens with one attached hydrogen (secondary N) is 3. The molecule has 1 heterocycles. The molecule has 5 N–H and O–H groups in total. The highest BCUT2D eigenvalue weighted by atomic mass is 16.2. The van der Waals surface area contributed by atoms with Gasteiger partial charge in [0.1, 0.15) is 6.04 Å². The summed E-state index contributed by atoms with van der Waals surface area (Å²) in [6.45, 7) is 0.475. The van der Waals surface area contributed by atoms with Gasteiger partial charge in [0.15, 0.2) is 0 Å². The Hall–Kier alpha value is -3.49. The van der Waals surface area contributed by atoms with E-state index >= 15 is 0 Å². The Balaban J connectivity index is 1.66. The fraction of sp³-hybridized carbons (Fsp3) is 0.435. The smallest absolute Gasteiger partial charge is 0.287 e. The van der Waals surface area contributed by atoms with E-state index in [1.807, 2.05) is 30.3 Å². The summed E-state index contributed by atoms with van der Waals surface area (Å²) in [7, 11) is 0. The van der Waals surface area contributed by atoms with Gasteiger partial charge in [-0.25, -0.2) is 0 Å². The van der Waals surface area contributed by atoms with Crippen LogP contribution in [0.15, 0.2) is 36.4 Å². The Labute approximate surface area is 186 Å². The summed E-state index contributed by atoms with van der Waals surface area (Å²) in [5, 5.41) is 7.90. The summed E-state index contributed by atoms with van der Waals surface area (Å²) in [4.78, 5) is 61.0. The Bertz CT molecular complexity index is 910. The minimum atomic E-state index is -1.22. The number of primary amides is 1. The lowest BCUT2D eigenvalue weighted by Crippen LogP contribution is -2.54. The Morgan fingerprint density at radius 3 is 2.34 bits per heavy atom. The molecule has 1 aromatic rings. The number of benzene rings is 1. The number of rotatable bonds is 11. The molecule has 1 aliphatic carbocycles. The molecular weight excluding hydrogens is 412 g/mol. The lowest BCUT2D eigenvalue weighted by atomic mass is 9.95. The number of amides is 4. The molecule has 2 fully saturated rings. The maximum atomic E-state index is 13.0. The van der Waals surface area contributed by atoms with Crippen molar-refractivity contribution in [1.29, 1.82) is 0 Å². The maximum Gasteiger partial charge on any atom is 0.287 e. The van der Waals surface area contributed by atoms with Crippen LogP contribution >= 0.6 is 0 Å². The predicted molar refractivity (Wildman–Crippen MR) is 117 cm³/mol. The van der Waals surface area contributed by atoms with Crippen LogP contribution in [0.1, 0.15) is 37.7 Å². The number of hydrogen-bond acceptors (Lipinski definition) is 5. The van der Waals surface area contributed by atoms with Crippen LogP contribution in [0, 0.1) is 11.8 Å².